The fourth-order valence-corrected chi connectivity index (χ4v) is 7.53. The van der Waals surface area contributed by atoms with Crippen molar-refractivity contribution in [3.8, 4) is 22.3 Å². The van der Waals surface area contributed by atoms with Gasteiger partial charge in [-0.1, -0.05) is 127 Å². The van der Waals surface area contributed by atoms with Gasteiger partial charge >= 0.3 is 0 Å². The molecule has 10 rings (SSSR count). The van der Waals surface area contributed by atoms with Crippen molar-refractivity contribution >= 4 is 75.8 Å². The molecule has 1 heteroatoms. The van der Waals surface area contributed by atoms with Crippen LogP contribution in [0.3, 0.4) is 0 Å². The van der Waals surface area contributed by atoms with E-state index in [4.69, 9.17) is 4.42 Å². The molecule has 0 saturated heterocycles. The van der Waals surface area contributed by atoms with Gasteiger partial charge in [-0.25, -0.2) is 0 Å². The number of rotatable bonds is 2. The molecule has 9 aromatic carbocycles. The van der Waals surface area contributed by atoms with Crippen LogP contribution in [-0.4, -0.2) is 0 Å². The third-order valence-electron chi connectivity index (χ3n) is 9.60. The maximum absolute atomic E-state index is 6.40. The van der Waals surface area contributed by atoms with E-state index in [0.717, 1.165) is 11.2 Å². The van der Waals surface area contributed by atoms with Crippen molar-refractivity contribution in [2.45, 2.75) is 0 Å². The van der Waals surface area contributed by atoms with Gasteiger partial charge < -0.3 is 4.42 Å². The monoisotopic (exact) mass is 570 g/mol. The van der Waals surface area contributed by atoms with E-state index in [-0.39, 0.29) is 0 Å². The predicted octanol–water partition coefficient (Wildman–Crippen LogP) is 12.7. The Balaban J connectivity index is 1.23. The van der Waals surface area contributed by atoms with E-state index in [1.807, 2.05) is 0 Å². The summed E-state index contributed by atoms with van der Waals surface area (Å²) in [5, 5.41) is 14.9. The molecule has 1 nitrogen and oxygen atoms in total. The zero-order valence-corrected chi connectivity index (χ0v) is 24.4. The standard InChI is InChI=1S/C44H26O/c1-4-11-34-28(8-1)20-22-38-39(34)26-30-10-3-6-13-36(30)42(38)32-19-17-27-16-18-31(24-33(27)25-32)37-14-7-15-40-44(37)43-35-12-5-2-9-29(35)21-23-41(43)45-40/h1-26H. The first-order valence-electron chi connectivity index (χ1n) is 15.5. The van der Waals surface area contributed by atoms with Crippen molar-refractivity contribution < 1.29 is 4.42 Å². The van der Waals surface area contributed by atoms with Gasteiger partial charge in [0.05, 0.1) is 0 Å². The van der Waals surface area contributed by atoms with Gasteiger partial charge in [-0.05, 0) is 106 Å². The summed E-state index contributed by atoms with van der Waals surface area (Å²) < 4.78 is 6.40. The first-order chi connectivity index (χ1) is 22.3. The van der Waals surface area contributed by atoms with Gasteiger partial charge in [-0.2, -0.15) is 0 Å². The van der Waals surface area contributed by atoms with Crippen molar-refractivity contribution in [1.29, 1.82) is 0 Å². The Labute approximate surface area is 259 Å². The predicted molar refractivity (Wildman–Crippen MR) is 192 cm³/mol. The van der Waals surface area contributed by atoms with E-state index in [2.05, 4.69) is 158 Å². The molecule has 0 radical (unpaired) electrons. The average Bonchev–Trinajstić information content (AvgIpc) is 3.50. The average molecular weight is 571 g/mol. The Morgan fingerprint density at radius 2 is 0.956 bits per heavy atom. The van der Waals surface area contributed by atoms with Gasteiger partial charge in [0.15, 0.2) is 0 Å². The molecular weight excluding hydrogens is 544 g/mol. The molecule has 1 aromatic heterocycles. The second kappa shape index (κ2) is 9.29. The Kier molecular flexibility index (Phi) is 5.06. The fourth-order valence-electron chi connectivity index (χ4n) is 7.53. The van der Waals surface area contributed by atoms with Crippen LogP contribution in [0.4, 0.5) is 0 Å². The molecule has 0 fully saturated rings. The van der Waals surface area contributed by atoms with Crippen LogP contribution in [0.25, 0.3) is 98.1 Å². The molecule has 0 spiro atoms. The summed E-state index contributed by atoms with van der Waals surface area (Å²) in [5.74, 6) is 0. The van der Waals surface area contributed by atoms with Gasteiger partial charge in [0.25, 0.3) is 0 Å². The summed E-state index contributed by atoms with van der Waals surface area (Å²) in [7, 11) is 0. The summed E-state index contributed by atoms with van der Waals surface area (Å²) in [6.45, 7) is 0. The van der Waals surface area contributed by atoms with E-state index < -0.39 is 0 Å². The Morgan fingerprint density at radius 3 is 1.82 bits per heavy atom. The fraction of sp³-hybridized carbons (Fsp3) is 0. The normalized spacial score (nSPS) is 12.0. The highest BCUT2D eigenvalue weighted by Gasteiger charge is 2.16. The minimum Gasteiger partial charge on any atom is -0.456 e. The minimum atomic E-state index is 0.919. The lowest BCUT2D eigenvalue weighted by molar-refractivity contribution is 0.669. The summed E-state index contributed by atoms with van der Waals surface area (Å²) >= 11 is 0. The SMILES string of the molecule is c1ccc2c(-c3ccc4ccc(-c5cccc6oc7ccc8ccccc8c7c56)cc4c3)c3ccc4ccccc4c3cc2c1. The van der Waals surface area contributed by atoms with Crippen LogP contribution < -0.4 is 0 Å². The smallest absolute Gasteiger partial charge is 0.136 e. The lowest BCUT2D eigenvalue weighted by atomic mass is 9.88. The molecule has 0 bridgehead atoms. The van der Waals surface area contributed by atoms with E-state index >= 15 is 0 Å². The largest absolute Gasteiger partial charge is 0.456 e. The van der Waals surface area contributed by atoms with Crippen molar-refractivity contribution in [3.05, 3.63) is 158 Å². The Bertz CT molecular complexity index is 2820. The second-order valence-electron chi connectivity index (χ2n) is 12.1. The van der Waals surface area contributed by atoms with Crippen LogP contribution in [0.2, 0.25) is 0 Å². The summed E-state index contributed by atoms with van der Waals surface area (Å²) in [6.07, 6.45) is 0. The highest BCUT2D eigenvalue weighted by Crippen LogP contribution is 2.43. The highest BCUT2D eigenvalue weighted by molar-refractivity contribution is 6.23. The van der Waals surface area contributed by atoms with Crippen LogP contribution in [0.15, 0.2) is 162 Å². The molecule has 0 N–H and O–H groups in total. The summed E-state index contributed by atoms with van der Waals surface area (Å²) in [6, 6.07) is 57.4. The molecule has 0 aliphatic carbocycles. The third kappa shape index (κ3) is 3.62. The topological polar surface area (TPSA) is 13.1 Å². The quantitative estimate of drug-likeness (QED) is 0.149. The van der Waals surface area contributed by atoms with E-state index in [1.54, 1.807) is 0 Å². The van der Waals surface area contributed by atoms with Crippen LogP contribution in [0.5, 0.6) is 0 Å². The lowest BCUT2D eigenvalue weighted by Gasteiger charge is -2.15. The Morgan fingerprint density at radius 1 is 0.311 bits per heavy atom. The first-order valence-corrected chi connectivity index (χ1v) is 15.5. The highest BCUT2D eigenvalue weighted by atomic mass is 16.3. The van der Waals surface area contributed by atoms with E-state index in [9.17, 15) is 0 Å². The van der Waals surface area contributed by atoms with Crippen LogP contribution >= 0.6 is 0 Å². The van der Waals surface area contributed by atoms with Gasteiger partial charge in [-0.3, -0.25) is 0 Å². The zero-order valence-electron chi connectivity index (χ0n) is 24.4. The first kappa shape index (κ1) is 24.5. The minimum absolute atomic E-state index is 0.919. The molecular formula is C44H26O. The molecule has 10 aromatic rings. The molecule has 0 saturated carbocycles. The molecule has 0 aliphatic heterocycles. The molecule has 45 heavy (non-hydrogen) atoms. The molecule has 0 unspecified atom stereocenters. The number of hydrogen-bond donors (Lipinski definition) is 0. The molecule has 208 valence electrons. The number of hydrogen-bond acceptors (Lipinski definition) is 1. The third-order valence-corrected chi connectivity index (χ3v) is 9.60. The van der Waals surface area contributed by atoms with E-state index in [1.165, 1.54) is 86.9 Å². The molecule has 1 heterocycles. The van der Waals surface area contributed by atoms with Gasteiger partial charge in [-0.15, -0.1) is 0 Å². The van der Waals surface area contributed by atoms with Gasteiger partial charge in [0.1, 0.15) is 11.2 Å². The van der Waals surface area contributed by atoms with Crippen molar-refractivity contribution in [2.24, 2.45) is 0 Å². The number of fused-ring (bicyclic) bond motifs is 10. The maximum Gasteiger partial charge on any atom is 0.136 e. The lowest BCUT2D eigenvalue weighted by Crippen LogP contribution is -1.88. The van der Waals surface area contributed by atoms with Gasteiger partial charge in [0.2, 0.25) is 0 Å². The van der Waals surface area contributed by atoms with E-state index in [0.29, 0.717) is 0 Å². The Hall–Kier alpha value is -5.92. The van der Waals surface area contributed by atoms with Crippen LogP contribution in [0.1, 0.15) is 0 Å². The second-order valence-corrected chi connectivity index (χ2v) is 12.1. The van der Waals surface area contributed by atoms with Crippen molar-refractivity contribution in [1.82, 2.24) is 0 Å². The molecule has 0 atom stereocenters. The van der Waals surface area contributed by atoms with Crippen molar-refractivity contribution in [2.75, 3.05) is 0 Å². The summed E-state index contributed by atoms with van der Waals surface area (Å²) in [5.41, 5.74) is 6.74. The molecule has 0 amide bonds. The van der Waals surface area contributed by atoms with Crippen LogP contribution in [0, 0.1) is 0 Å². The summed E-state index contributed by atoms with van der Waals surface area (Å²) in [4.78, 5) is 0. The van der Waals surface area contributed by atoms with Gasteiger partial charge in [0, 0.05) is 10.8 Å². The molecule has 0 aliphatic rings. The zero-order chi connectivity index (χ0) is 29.5. The van der Waals surface area contributed by atoms with Crippen molar-refractivity contribution in [3.63, 3.8) is 0 Å². The number of furan rings is 1. The maximum atomic E-state index is 6.40. The number of benzene rings is 9. The van der Waals surface area contributed by atoms with Crippen LogP contribution in [-0.2, 0) is 0 Å².